The van der Waals surface area contributed by atoms with Gasteiger partial charge in [-0.05, 0) is 61.6 Å². The van der Waals surface area contributed by atoms with Gasteiger partial charge in [-0.25, -0.2) is 0 Å². The van der Waals surface area contributed by atoms with Gasteiger partial charge in [-0.1, -0.05) is 26.0 Å². The van der Waals surface area contributed by atoms with Gasteiger partial charge < -0.3 is 10.2 Å². The Bertz CT molecular complexity index is 768. The first kappa shape index (κ1) is 20.6. The van der Waals surface area contributed by atoms with Gasteiger partial charge >= 0.3 is 0 Å². The van der Waals surface area contributed by atoms with Crippen LogP contribution < -0.4 is 5.32 Å². The summed E-state index contributed by atoms with van der Waals surface area (Å²) in [5.41, 5.74) is 1.87. The van der Waals surface area contributed by atoms with E-state index in [2.05, 4.69) is 24.1 Å². The molecular weight excluding hydrogens is 338 g/mol. The van der Waals surface area contributed by atoms with Crippen LogP contribution in [0.4, 0.5) is 5.69 Å². The number of nitrogens with one attached hydrogen (secondary N) is 1. The maximum absolute atomic E-state index is 12.8. The minimum Gasteiger partial charge on any atom is -0.345 e. The standard InChI is InChI=1S/C22H29N3O2/c1-16(2)18-6-8-19(9-7-18)24-20(26)22(3,4)21(27)25(5)15-12-17-10-13-23-14-11-17/h6-11,13-14,16H,12,15H2,1-5H3,(H,24,26). The van der Waals surface area contributed by atoms with Crippen molar-refractivity contribution >= 4 is 17.5 Å². The summed E-state index contributed by atoms with van der Waals surface area (Å²) in [6.07, 6.45) is 4.19. The number of amides is 2. The van der Waals surface area contributed by atoms with Gasteiger partial charge in [0.25, 0.3) is 0 Å². The molecule has 1 heterocycles. The van der Waals surface area contributed by atoms with E-state index in [1.54, 1.807) is 38.2 Å². The number of rotatable bonds is 7. The smallest absolute Gasteiger partial charge is 0.239 e. The molecule has 0 atom stereocenters. The van der Waals surface area contributed by atoms with Gasteiger partial charge in [0.05, 0.1) is 0 Å². The van der Waals surface area contributed by atoms with Crippen molar-refractivity contribution in [3.05, 3.63) is 59.9 Å². The molecule has 0 saturated carbocycles. The number of benzene rings is 1. The Morgan fingerprint density at radius 3 is 2.22 bits per heavy atom. The number of likely N-dealkylation sites (N-methyl/N-ethyl adjacent to an activating group) is 1. The molecule has 1 aromatic heterocycles. The zero-order valence-corrected chi connectivity index (χ0v) is 16.8. The van der Waals surface area contributed by atoms with Gasteiger partial charge in [0.2, 0.25) is 11.8 Å². The highest BCUT2D eigenvalue weighted by atomic mass is 16.2. The molecule has 1 N–H and O–H groups in total. The lowest BCUT2D eigenvalue weighted by Gasteiger charge is -2.28. The molecule has 2 aromatic rings. The van der Waals surface area contributed by atoms with Crippen molar-refractivity contribution in [1.82, 2.24) is 9.88 Å². The van der Waals surface area contributed by atoms with Crippen LogP contribution in [0.3, 0.4) is 0 Å². The van der Waals surface area contributed by atoms with Gasteiger partial charge in [-0.15, -0.1) is 0 Å². The maximum Gasteiger partial charge on any atom is 0.239 e. The third-order valence-electron chi connectivity index (χ3n) is 4.77. The lowest BCUT2D eigenvalue weighted by Crippen LogP contribution is -2.46. The third-order valence-corrected chi connectivity index (χ3v) is 4.77. The van der Waals surface area contributed by atoms with Crippen LogP contribution >= 0.6 is 0 Å². The molecular formula is C22H29N3O2. The Kier molecular flexibility index (Phi) is 6.72. The fourth-order valence-corrected chi connectivity index (χ4v) is 2.76. The topological polar surface area (TPSA) is 62.3 Å². The van der Waals surface area contributed by atoms with Gasteiger partial charge in [0.15, 0.2) is 0 Å². The molecule has 0 saturated heterocycles. The number of anilines is 1. The zero-order valence-electron chi connectivity index (χ0n) is 16.8. The molecule has 2 amide bonds. The quantitative estimate of drug-likeness (QED) is 0.756. The second-order valence-corrected chi connectivity index (χ2v) is 7.69. The van der Waals surface area contributed by atoms with Gasteiger partial charge in [-0.3, -0.25) is 14.6 Å². The lowest BCUT2D eigenvalue weighted by atomic mass is 9.90. The van der Waals surface area contributed by atoms with Gasteiger partial charge in [0, 0.05) is 31.7 Å². The van der Waals surface area contributed by atoms with E-state index in [1.807, 2.05) is 36.4 Å². The minimum atomic E-state index is -1.15. The summed E-state index contributed by atoms with van der Waals surface area (Å²) in [5.74, 6) is -0.0739. The third kappa shape index (κ3) is 5.39. The molecule has 1 aromatic carbocycles. The second-order valence-electron chi connectivity index (χ2n) is 7.69. The number of carbonyl (C=O) groups excluding carboxylic acids is 2. The molecule has 0 unspecified atom stereocenters. The normalized spacial score (nSPS) is 11.3. The van der Waals surface area contributed by atoms with Crippen molar-refractivity contribution in [3.8, 4) is 0 Å². The highest BCUT2D eigenvalue weighted by molar-refractivity contribution is 6.09. The fraction of sp³-hybridized carbons (Fsp3) is 0.409. The van der Waals surface area contributed by atoms with Crippen molar-refractivity contribution in [2.24, 2.45) is 5.41 Å². The molecule has 144 valence electrons. The number of pyridine rings is 1. The molecule has 0 bridgehead atoms. The molecule has 0 spiro atoms. The molecule has 0 radical (unpaired) electrons. The number of nitrogens with zero attached hydrogens (tertiary/aromatic N) is 2. The molecule has 5 heteroatoms. The summed E-state index contributed by atoms with van der Waals surface area (Å²) in [6.45, 7) is 8.11. The summed E-state index contributed by atoms with van der Waals surface area (Å²) in [5, 5.41) is 2.86. The summed E-state index contributed by atoms with van der Waals surface area (Å²) in [4.78, 5) is 31.1. The van der Waals surface area contributed by atoms with Crippen LogP contribution in [0.25, 0.3) is 0 Å². The van der Waals surface area contributed by atoms with Crippen LogP contribution in [-0.4, -0.2) is 35.3 Å². The van der Waals surface area contributed by atoms with Gasteiger partial charge in [-0.2, -0.15) is 0 Å². The molecule has 0 aliphatic rings. The van der Waals surface area contributed by atoms with Crippen molar-refractivity contribution in [2.75, 3.05) is 18.9 Å². The van der Waals surface area contributed by atoms with Crippen LogP contribution in [0.15, 0.2) is 48.8 Å². The first-order chi connectivity index (χ1) is 12.7. The summed E-state index contributed by atoms with van der Waals surface area (Å²) in [6, 6.07) is 11.6. The highest BCUT2D eigenvalue weighted by Gasteiger charge is 2.38. The van der Waals surface area contributed by atoms with Crippen LogP contribution in [0.1, 0.15) is 44.7 Å². The molecule has 2 rings (SSSR count). The van der Waals surface area contributed by atoms with E-state index in [1.165, 1.54) is 5.56 Å². The maximum atomic E-state index is 12.8. The van der Waals surface area contributed by atoms with Crippen molar-refractivity contribution in [3.63, 3.8) is 0 Å². The van der Waals surface area contributed by atoms with Crippen LogP contribution in [0.5, 0.6) is 0 Å². The van der Waals surface area contributed by atoms with Crippen molar-refractivity contribution in [1.29, 1.82) is 0 Å². The van der Waals surface area contributed by atoms with E-state index in [-0.39, 0.29) is 11.8 Å². The zero-order chi connectivity index (χ0) is 20.0. The lowest BCUT2D eigenvalue weighted by molar-refractivity contribution is -0.145. The minimum absolute atomic E-state index is 0.201. The number of carbonyl (C=O) groups is 2. The van der Waals surface area contributed by atoms with Crippen molar-refractivity contribution in [2.45, 2.75) is 40.0 Å². The molecule has 27 heavy (non-hydrogen) atoms. The van der Waals surface area contributed by atoms with E-state index in [9.17, 15) is 9.59 Å². The number of hydrogen-bond donors (Lipinski definition) is 1. The SMILES string of the molecule is CC(C)c1ccc(NC(=O)C(C)(C)C(=O)N(C)CCc2ccncc2)cc1. The molecule has 0 aliphatic heterocycles. The van der Waals surface area contributed by atoms with E-state index in [0.717, 1.165) is 12.0 Å². The summed E-state index contributed by atoms with van der Waals surface area (Å²) in [7, 11) is 1.73. The Hall–Kier alpha value is -2.69. The number of aromatic nitrogens is 1. The second kappa shape index (κ2) is 8.80. The predicted molar refractivity (Wildman–Crippen MR) is 109 cm³/mol. The Labute approximate surface area is 161 Å². The average molecular weight is 367 g/mol. The van der Waals surface area contributed by atoms with Crippen LogP contribution in [0.2, 0.25) is 0 Å². The van der Waals surface area contributed by atoms with E-state index >= 15 is 0 Å². The largest absolute Gasteiger partial charge is 0.345 e. The summed E-state index contributed by atoms with van der Waals surface area (Å²) < 4.78 is 0. The highest BCUT2D eigenvalue weighted by Crippen LogP contribution is 2.23. The first-order valence-electron chi connectivity index (χ1n) is 9.27. The fourth-order valence-electron chi connectivity index (χ4n) is 2.76. The molecule has 0 fully saturated rings. The summed E-state index contributed by atoms with van der Waals surface area (Å²) >= 11 is 0. The monoisotopic (exact) mass is 367 g/mol. The first-order valence-corrected chi connectivity index (χ1v) is 9.27. The predicted octanol–water partition coefficient (Wildman–Crippen LogP) is 3.87. The van der Waals surface area contributed by atoms with Crippen molar-refractivity contribution < 1.29 is 9.59 Å². The molecule has 0 aliphatic carbocycles. The van der Waals surface area contributed by atoms with Crippen LogP contribution in [-0.2, 0) is 16.0 Å². The average Bonchev–Trinajstić information content (AvgIpc) is 2.66. The number of hydrogen-bond acceptors (Lipinski definition) is 3. The Balaban J connectivity index is 1.97. The van der Waals surface area contributed by atoms with E-state index in [0.29, 0.717) is 18.2 Å². The Morgan fingerprint density at radius 1 is 1.07 bits per heavy atom. The Morgan fingerprint density at radius 2 is 1.67 bits per heavy atom. The van der Waals surface area contributed by atoms with Crippen LogP contribution in [0, 0.1) is 5.41 Å². The molecule has 5 nitrogen and oxygen atoms in total. The van der Waals surface area contributed by atoms with Gasteiger partial charge in [0.1, 0.15) is 5.41 Å². The van der Waals surface area contributed by atoms with E-state index in [4.69, 9.17) is 0 Å². The van der Waals surface area contributed by atoms with E-state index < -0.39 is 5.41 Å².